The number of carbonyl (C=O) groups excluding carboxylic acids is 1. The smallest absolute Gasteiger partial charge is 0.768 e. The minimum atomic E-state index is -2.33. The third kappa shape index (κ3) is 2.81. The van der Waals surface area contributed by atoms with Gasteiger partial charge in [-0.1, -0.05) is 24.3 Å². The summed E-state index contributed by atoms with van der Waals surface area (Å²) in [4.78, 5) is 11.7. The molecule has 0 aliphatic carbocycles. The number of hydrogen-bond acceptors (Lipinski definition) is 4. The average molecular weight is 272 g/mol. The number of methoxy groups -OCH3 is 1. The van der Waals surface area contributed by atoms with Crippen LogP contribution in [0.5, 0.6) is 0 Å². The topological polar surface area (TPSA) is 66.4 Å². The first-order valence-corrected chi connectivity index (χ1v) is 5.92. The molecule has 0 saturated heterocycles. The van der Waals surface area contributed by atoms with Gasteiger partial charge in [0.2, 0.25) is 0 Å². The number of hydrogen-bond donors (Lipinski definition) is 0. The fraction of sp³-hybridized carbons (Fsp3) is 0.0833. The fourth-order valence-corrected chi connectivity index (χ4v) is 2.26. The van der Waals surface area contributed by atoms with Gasteiger partial charge in [-0.05, 0) is 34.0 Å². The van der Waals surface area contributed by atoms with Crippen LogP contribution in [0.1, 0.15) is 10.4 Å². The Kier molecular flexibility index (Phi) is 5.49. The summed E-state index contributed by atoms with van der Waals surface area (Å²) in [6, 6.07) is 9.67. The first kappa shape index (κ1) is 15.3. The SMILES string of the molecule is COC(=O)c1cccc2c(S(=O)[O-])cccc12.[Na+]. The maximum absolute atomic E-state index is 11.5. The molecule has 0 radical (unpaired) electrons. The molecule has 0 heterocycles. The number of benzene rings is 2. The fourth-order valence-electron chi connectivity index (χ4n) is 1.71. The second kappa shape index (κ2) is 6.45. The van der Waals surface area contributed by atoms with Crippen LogP contribution in [-0.4, -0.2) is 21.8 Å². The van der Waals surface area contributed by atoms with E-state index in [4.69, 9.17) is 0 Å². The van der Waals surface area contributed by atoms with Gasteiger partial charge in [-0.25, -0.2) is 4.79 Å². The molecule has 0 bridgehead atoms. The van der Waals surface area contributed by atoms with Gasteiger partial charge >= 0.3 is 35.5 Å². The van der Waals surface area contributed by atoms with Crippen LogP contribution < -0.4 is 29.6 Å². The molecule has 0 aromatic heterocycles. The molecule has 0 aliphatic heterocycles. The summed E-state index contributed by atoms with van der Waals surface area (Å²) in [7, 11) is 1.29. The predicted molar refractivity (Wildman–Crippen MR) is 62.5 cm³/mol. The van der Waals surface area contributed by atoms with Crippen LogP contribution in [0, 0.1) is 0 Å². The molecule has 18 heavy (non-hydrogen) atoms. The molecule has 0 fully saturated rings. The molecule has 0 N–H and O–H groups in total. The van der Waals surface area contributed by atoms with Crippen LogP contribution in [0.3, 0.4) is 0 Å². The van der Waals surface area contributed by atoms with E-state index in [2.05, 4.69) is 4.74 Å². The van der Waals surface area contributed by atoms with Crippen molar-refractivity contribution in [1.82, 2.24) is 0 Å². The summed E-state index contributed by atoms with van der Waals surface area (Å²) < 4.78 is 26.8. The minimum absolute atomic E-state index is 0. The number of ether oxygens (including phenoxy) is 1. The van der Waals surface area contributed by atoms with Crippen molar-refractivity contribution >= 4 is 27.8 Å². The third-order valence-corrected chi connectivity index (χ3v) is 3.18. The van der Waals surface area contributed by atoms with Crippen LogP contribution in [0.4, 0.5) is 0 Å². The Bertz CT molecular complexity index is 612. The van der Waals surface area contributed by atoms with E-state index in [9.17, 15) is 13.6 Å². The zero-order chi connectivity index (χ0) is 12.4. The van der Waals surface area contributed by atoms with Crippen LogP contribution in [0.2, 0.25) is 0 Å². The summed E-state index contributed by atoms with van der Waals surface area (Å²) in [5, 5.41) is 1.09. The van der Waals surface area contributed by atoms with Crippen molar-refractivity contribution in [2.75, 3.05) is 7.11 Å². The summed E-state index contributed by atoms with van der Waals surface area (Å²) in [5.41, 5.74) is 0.359. The molecular weight excluding hydrogens is 263 g/mol. The second-order valence-corrected chi connectivity index (χ2v) is 4.29. The van der Waals surface area contributed by atoms with Gasteiger partial charge in [0.15, 0.2) is 0 Å². The predicted octanol–water partition coefficient (Wildman–Crippen LogP) is -1.13. The normalized spacial score (nSPS) is 11.7. The molecule has 2 aromatic carbocycles. The second-order valence-electron chi connectivity index (χ2n) is 3.38. The quantitative estimate of drug-likeness (QED) is 0.394. The van der Waals surface area contributed by atoms with Crippen LogP contribution in [0.15, 0.2) is 41.3 Å². The zero-order valence-electron chi connectivity index (χ0n) is 10.0. The summed E-state index contributed by atoms with van der Waals surface area (Å²) in [6.07, 6.45) is 0. The van der Waals surface area contributed by atoms with E-state index in [1.165, 1.54) is 13.2 Å². The van der Waals surface area contributed by atoms with Crippen molar-refractivity contribution in [1.29, 1.82) is 0 Å². The molecule has 6 heteroatoms. The van der Waals surface area contributed by atoms with Crippen LogP contribution in [0.25, 0.3) is 10.8 Å². The van der Waals surface area contributed by atoms with Crippen LogP contribution in [-0.2, 0) is 15.8 Å². The zero-order valence-corrected chi connectivity index (χ0v) is 12.8. The van der Waals surface area contributed by atoms with E-state index in [0.717, 1.165) is 0 Å². The molecule has 0 aliphatic rings. The Morgan fingerprint density at radius 3 is 2.39 bits per heavy atom. The molecular formula is C12H9NaO4S. The maximum atomic E-state index is 11.5. The molecule has 0 spiro atoms. The largest absolute Gasteiger partial charge is 1.00 e. The monoisotopic (exact) mass is 272 g/mol. The maximum Gasteiger partial charge on any atom is 1.00 e. The van der Waals surface area contributed by atoms with Crippen molar-refractivity contribution in [2.24, 2.45) is 0 Å². The number of esters is 1. The van der Waals surface area contributed by atoms with E-state index in [-0.39, 0.29) is 34.5 Å². The van der Waals surface area contributed by atoms with Crippen LogP contribution >= 0.6 is 0 Å². The van der Waals surface area contributed by atoms with Crippen molar-refractivity contribution < 1.29 is 47.9 Å². The Labute approximate surface area is 129 Å². The summed E-state index contributed by atoms with van der Waals surface area (Å²) in [5.74, 6) is -0.482. The van der Waals surface area contributed by atoms with Gasteiger partial charge in [-0.3, -0.25) is 4.21 Å². The molecule has 88 valence electrons. The molecule has 0 saturated carbocycles. The number of rotatable bonds is 2. The van der Waals surface area contributed by atoms with E-state index < -0.39 is 17.0 Å². The van der Waals surface area contributed by atoms with Crippen molar-refractivity contribution in [3.8, 4) is 0 Å². The van der Waals surface area contributed by atoms with Crippen molar-refractivity contribution in [3.05, 3.63) is 42.0 Å². The van der Waals surface area contributed by atoms with Gasteiger partial charge < -0.3 is 9.29 Å². The molecule has 4 nitrogen and oxygen atoms in total. The standard InChI is InChI=1S/C12H10O4S.Na/c1-16-12(13)10-6-2-5-9-8(10)4-3-7-11(9)17(14)15;/h2-7H,1H3,(H,14,15);/q;+1/p-1. The molecule has 2 rings (SSSR count). The Morgan fingerprint density at radius 1 is 1.17 bits per heavy atom. The Balaban J connectivity index is 0.00000162. The van der Waals surface area contributed by atoms with Gasteiger partial charge in [-0.2, -0.15) is 0 Å². The first-order valence-electron chi connectivity index (χ1n) is 4.84. The molecule has 1 unspecified atom stereocenters. The van der Waals surface area contributed by atoms with Gasteiger partial charge in [0.1, 0.15) is 0 Å². The molecule has 1 atom stereocenters. The summed E-state index contributed by atoms with van der Waals surface area (Å²) in [6.45, 7) is 0. The first-order chi connectivity index (χ1) is 8.15. The Morgan fingerprint density at radius 2 is 1.78 bits per heavy atom. The van der Waals surface area contributed by atoms with Gasteiger partial charge in [0, 0.05) is 4.90 Å². The average Bonchev–Trinajstić information content (AvgIpc) is 2.36. The van der Waals surface area contributed by atoms with Gasteiger partial charge in [0.05, 0.1) is 12.7 Å². The molecule has 2 aromatic rings. The van der Waals surface area contributed by atoms with Gasteiger partial charge in [-0.15, -0.1) is 0 Å². The summed E-state index contributed by atoms with van der Waals surface area (Å²) >= 11 is -2.33. The van der Waals surface area contributed by atoms with E-state index in [1.807, 2.05) is 0 Å². The number of carbonyl (C=O) groups is 1. The minimum Gasteiger partial charge on any atom is -0.768 e. The van der Waals surface area contributed by atoms with E-state index in [1.54, 1.807) is 30.3 Å². The number of fused-ring (bicyclic) bond motifs is 1. The van der Waals surface area contributed by atoms with Gasteiger partial charge in [0.25, 0.3) is 0 Å². The van der Waals surface area contributed by atoms with Crippen molar-refractivity contribution in [3.63, 3.8) is 0 Å². The van der Waals surface area contributed by atoms with E-state index >= 15 is 0 Å². The van der Waals surface area contributed by atoms with E-state index in [0.29, 0.717) is 16.3 Å². The Hall–Kier alpha value is -0.720. The van der Waals surface area contributed by atoms with Crippen molar-refractivity contribution in [2.45, 2.75) is 4.90 Å². The third-order valence-electron chi connectivity index (χ3n) is 2.47. The molecule has 0 amide bonds.